The monoisotopic (exact) mass is 739 g/mol. The zero-order valence-corrected chi connectivity index (χ0v) is 31.1. The number of carbonyl (C=O) groups excluding carboxylic acids is 3. The van der Waals surface area contributed by atoms with Crippen LogP contribution < -0.4 is 10.2 Å². The molecule has 2 atom stereocenters. The van der Waals surface area contributed by atoms with Gasteiger partial charge in [-0.25, -0.2) is 24.2 Å². The van der Waals surface area contributed by atoms with Crippen LogP contribution >= 0.6 is 0 Å². The van der Waals surface area contributed by atoms with Gasteiger partial charge in [0.15, 0.2) is 11.6 Å². The lowest BCUT2D eigenvalue weighted by Crippen LogP contribution is -2.76. The van der Waals surface area contributed by atoms with E-state index in [4.69, 9.17) is 4.98 Å². The van der Waals surface area contributed by atoms with E-state index in [1.165, 1.54) is 16.0 Å². The lowest BCUT2D eigenvalue weighted by molar-refractivity contribution is -0.189. The number of anilines is 1. The maximum Gasteiger partial charge on any atom is 0.334 e. The van der Waals surface area contributed by atoms with Crippen molar-refractivity contribution in [1.82, 2.24) is 39.9 Å². The number of halogens is 1. The molecule has 0 spiro atoms. The minimum Gasteiger partial charge on any atom is -0.508 e. The summed E-state index contributed by atoms with van der Waals surface area (Å²) in [6, 6.07) is 18.6. The molecule has 13 nitrogen and oxygen atoms in total. The number of hydrazine groups is 1. The van der Waals surface area contributed by atoms with Crippen molar-refractivity contribution in [2.45, 2.75) is 56.6 Å². The standard InChI is InChI=1S/C40H50FN9O4/c1-4-18-48-27-37(52)49-35(21-28-10-13-33(51)14-11-28)39(53)47(26-36(49)50(48)40(54)42-22-29-8-6-5-7-9-29)23-30-12-15-34(41)38(43-30)46-24-32(25-46)45-19-16-31(17-20-45)44(2)3/h4-15,31-32,35-36,51H,1,16-27H2,2-3H3,(H,42,54)/t35-,36-/m0/s1. The number of aromatic hydroxyl groups is 1. The molecule has 2 aromatic carbocycles. The number of carbonyl (C=O) groups is 3. The molecule has 0 aliphatic carbocycles. The summed E-state index contributed by atoms with van der Waals surface area (Å²) in [7, 11) is 4.25. The molecule has 4 aliphatic heterocycles. The third-order valence-corrected chi connectivity index (χ3v) is 11.2. The molecule has 286 valence electrons. The number of nitrogens with one attached hydrogen (secondary N) is 1. The Kier molecular flexibility index (Phi) is 11.1. The van der Waals surface area contributed by atoms with Gasteiger partial charge in [0, 0.05) is 57.8 Å². The maximum absolute atomic E-state index is 15.3. The molecule has 7 rings (SSSR count). The van der Waals surface area contributed by atoms with Gasteiger partial charge in [-0.05, 0) is 62.3 Å². The molecule has 54 heavy (non-hydrogen) atoms. The lowest BCUT2D eigenvalue weighted by Gasteiger charge is -2.55. The van der Waals surface area contributed by atoms with Gasteiger partial charge in [-0.15, -0.1) is 6.58 Å². The summed E-state index contributed by atoms with van der Waals surface area (Å²) in [4.78, 5) is 57.1. The van der Waals surface area contributed by atoms with E-state index in [-0.39, 0.29) is 62.5 Å². The van der Waals surface area contributed by atoms with Gasteiger partial charge in [-0.1, -0.05) is 48.5 Å². The number of amides is 4. The highest BCUT2D eigenvalue weighted by molar-refractivity contribution is 5.91. The fraction of sp³-hybridized carbons (Fsp3) is 0.450. The zero-order chi connectivity index (χ0) is 37.9. The Bertz CT molecular complexity index is 1820. The predicted octanol–water partition coefficient (Wildman–Crippen LogP) is 2.88. The number of hydrogen-bond acceptors (Lipinski definition) is 9. The Morgan fingerprint density at radius 2 is 1.72 bits per heavy atom. The maximum atomic E-state index is 15.3. The van der Waals surface area contributed by atoms with Crippen molar-refractivity contribution in [2.24, 2.45) is 0 Å². The van der Waals surface area contributed by atoms with E-state index in [0.29, 0.717) is 30.9 Å². The summed E-state index contributed by atoms with van der Waals surface area (Å²) in [5.41, 5.74) is 2.17. The SMILES string of the molecule is C=CCN1CC(=O)N2[C@@H](Cc3ccc(O)cc3)C(=O)N(Cc3ccc(F)c(N4CC(N5CCC(N(C)C)CC5)C4)n3)C[C@@H]2N1C(=O)NCc1ccccc1. The summed E-state index contributed by atoms with van der Waals surface area (Å²) in [6.07, 6.45) is 3.20. The molecule has 14 heteroatoms. The van der Waals surface area contributed by atoms with Crippen LogP contribution in [0.15, 0.2) is 79.4 Å². The van der Waals surface area contributed by atoms with E-state index in [9.17, 15) is 19.5 Å². The molecule has 4 aliphatic rings. The molecular formula is C40H50FN9O4. The highest BCUT2D eigenvalue weighted by Gasteiger charge is 2.51. The first-order chi connectivity index (χ1) is 26.1. The third-order valence-electron chi connectivity index (χ3n) is 11.2. The molecule has 5 heterocycles. The second-order valence-electron chi connectivity index (χ2n) is 14.9. The van der Waals surface area contributed by atoms with Crippen molar-refractivity contribution < 1.29 is 23.9 Å². The third kappa shape index (κ3) is 7.91. The van der Waals surface area contributed by atoms with E-state index >= 15 is 4.39 Å². The fourth-order valence-corrected chi connectivity index (χ4v) is 8.16. The van der Waals surface area contributed by atoms with Gasteiger partial charge >= 0.3 is 6.03 Å². The molecule has 1 aromatic heterocycles. The number of aromatic nitrogens is 1. The number of nitrogens with zero attached hydrogens (tertiary/aromatic N) is 8. The number of fused-ring (bicyclic) bond motifs is 1. The van der Waals surface area contributed by atoms with Crippen LogP contribution in [0.1, 0.15) is 29.7 Å². The number of likely N-dealkylation sites (tertiary alicyclic amines) is 1. The van der Waals surface area contributed by atoms with Crippen LogP contribution in [0, 0.1) is 5.82 Å². The van der Waals surface area contributed by atoms with Crippen molar-refractivity contribution in [3.05, 3.63) is 102 Å². The molecule has 0 saturated carbocycles. The first-order valence-corrected chi connectivity index (χ1v) is 18.7. The number of piperidine rings is 1. The number of phenolic OH excluding ortho intramolecular Hbond substituents is 1. The van der Waals surface area contributed by atoms with Crippen LogP contribution in [-0.2, 0) is 29.1 Å². The number of hydrogen-bond donors (Lipinski definition) is 2. The second kappa shape index (κ2) is 16.1. The largest absolute Gasteiger partial charge is 0.508 e. The van der Waals surface area contributed by atoms with E-state index in [0.717, 1.165) is 37.1 Å². The van der Waals surface area contributed by atoms with Gasteiger partial charge < -0.3 is 30.0 Å². The molecular weight excluding hydrogens is 689 g/mol. The average Bonchev–Trinajstić information content (AvgIpc) is 3.14. The van der Waals surface area contributed by atoms with E-state index < -0.39 is 24.1 Å². The van der Waals surface area contributed by atoms with Gasteiger partial charge in [0.25, 0.3) is 0 Å². The van der Waals surface area contributed by atoms with Crippen molar-refractivity contribution in [3.8, 4) is 5.75 Å². The first kappa shape index (κ1) is 37.3. The Balaban J connectivity index is 1.13. The number of urea groups is 1. The van der Waals surface area contributed by atoms with Crippen LogP contribution in [-0.4, -0.2) is 142 Å². The summed E-state index contributed by atoms with van der Waals surface area (Å²) < 4.78 is 15.3. The van der Waals surface area contributed by atoms with Gasteiger partial charge in [-0.3, -0.25) is 14.5 Å². The van der Waals surface area contributed by atoms with Crippen LogP contribution in [0.2, 0.25) is 0 Å². The van der Waals surface area contributed by atoms with Gasteiger partial charge in [0.2, 0.25) is 11.8 Å². The smallest absolute Gasteiger partial charge is 0.334 e. The number of pyridine rings is 1. The average molecular weight is 740 g/mol. The fourth-order valence-electron chi connectivity index (χ4n) is 8.16. The van der Waals surface area contributed by atoms with Crippen molar-refractivity contribution >= 4 is 23.7 Å². The Morgan fingerprint density at radius 1 is 1.00 bits per heavy atom. The van der Waals surface area contributed by atoms with Gasteiger partial charge in [0.1, 0.15) is 18.0 Å². The number of phenols is 1. The van der Waals surface area contributed by atoms with E-state index in [1.54, 1.807) is 46.3 Å². The molecule has 4 amide bonds. The Hall–Kier alpha value is -5.05. The lowest BCUT2D eigenvalue weighted by atomic mass is 9.98. The molecule has 4 saturated heterocycles. The number of benzene rings is 2. The molecule has 2 N–H and O–H groups in total. The van der Waals surface area contributed by atoms with Crippen molar-refractivity contribution in [3.63, 3.8) is 0 Å². The van der Waals surface area contributed by atoms with Crippen LogP contribution in [0.4, 0.5) is 15.0 Å². The Morgan fingerprint density at radius 3 is 2.41 bits per heavy atom. The normalized spacial score (nSPS) is 21.7. The van der Waals surface area contributed by atoms with E-state index in [2.05, 4.69) is 35.8 Å². The van der Waals surface area contributed by atoms with E-state index in [1.807, 2.05) is 35.2 Å². The molecule has 3 aromatic rings. The van der Waals surface area contributed by atoms with Gasteiger partial charge in [0.05, 0.1) is 25.3 Å². The van der Waals surface area contributed by atoms with Crippen molar-refractivity contribution in [1.29, 1.82) is 0 Å². The number of piperazine rings is 1. The highest BCUT2D eigenvalue weighted by atomic mass is 19.1. The Labute approximate surface area is 316 Å². The summed E-state index contributed by atoms with van der Waals surface area (Å²) in [5, 5.41) is 16.1. The van der Waals surface area contributed by atoms with Crippen LogP contribution in [0.5, 0.6) is 5.75 Å². The molecule has 4 fully saturated rings. The zero-order valence-electron chi connectivity index (χ0n) is 31.1. The summed E-state index contributed by atoms with van der Waals surface area (Å²) in [5.74, 6) is -0.641. The minimum atomic E-state index is -0.941. The van der Waals surface area contributed by atoms with Crippen molar-refractivity contribution in [2.75, 3.05) is 64.8 Å². The molecule has 0 unspecified atom stereocenters. The summed E-state index contributed by atoms with van der Waals surface area (Å²) in [6.45, 7) is 7.73. The highest BCUT2D eigenvalue weighted by Crippen LogP contribution is 2.31. The van der Waals surface area contributed by atoms with Crippen LogP contribution in [0.25, 0.3) is 0 Å². The van der Waals surface area contributed by atoms with Gasteiger partial charge in [-0.2, -0.15) is 0 Å². The molecule has 0 bridgehead atoms. The van der Waals surface area contributed by atoms with Crippen LogP contribution in [0.3, 0.4) is 0 Å². The first-order valence-electron chi connectivity index (χ1n) is 18.7. The topological polar surface area (TPSA) is 119 Å². The summed E-state index contributed by atoms with van der Waals surface area (Å²) >= 11 is 0. The second-order valence-corrected chi connectivity index (χ2v) is 14.9. The predicted molar refractivity (Wildman–Crippen MR) is 202 cm³/mol. The quantitative estimate of drug-likeness (QED) is 0.287. The number of rotatable bonds is 11. The minimum absolute atomic E-state index is 0.0200. The molecule has 0 radical (unpaired) electrons.